The van der Waals surface area contributed by atoms with Crippen LogP contribution in [0.2, 0.25) is 0 Å². The molecule has 0 aliphatic heterocycles. The summed E-state index contributed by atoms with van der Waals surface area (Å²) in [6.07, 6.45) is 6.30. The van der Waals surface area contributed by atoms with Gasteiger partial charge in [0, 0.05) is 18.6 Å². The van der Waals surface area contributed by atoms with Gasteiger partial charge in [0.15, 0.2) is 0 Å². The summed E-state index contributed by atoms with van der Waals surface area (Å²) in [5, 5.41) is 3.62. The summed E-state index contributed by atoms with van der Waals surface area (Å²) in [6, 6.07) is 8.49. The van der Waals surface area contributed by atoms with E-state index in [-0.39, 0.29) is 0 Å². The van der Waals surface area contributed by atoms with Crippen LogP contribution in [0.3, 0.4) is 0 Å². The molecule has 118 valence electrons. The van der Waals surface area contributed by atoms with Gasteiger partial charge in [0.05, 0.1) is 6.61 Å². The number of ether oxygens (including phenoxy) is 1. The van der Waals surface area contributed by atoms with E-state index in [9.17, 15) is 0 Å². The fourth-order valence-electron chi connectivity index (χ4n) is 2.84. The minimum absolute atomic E-state index is 0.392. The van der Waals surface area contributed by atoms with Crippen LogP contribution in [0, 0.1) is 0 Å². The van der Waals surface area contributed by atoms with Crippen molar-refractivity contribution < 1.29 is 4.74 Å². The number of nitrogens with one attached hydrogen (secondary N) is 1. The minimum Gasteiger partial charge on any atom is -0.494 e. The maximum atomic E-state index is 5.69. The summed E-state index contributed by atoms with van der Waals surface area (Å²) < 4.78 is 5.69. The van der Waals surface area contributed by atoms with E-state index in [4.69, 9.17) is 4.74 Å². The molecular weight excluding hydrogens is 260 g/mol. The normalized spacial score (nSPS) is 16.8. The van der Waals surface area contributed by atoms with Gasteiger partial charge in [-0.3, -0.25) is 0 Å². The lowest BCUT2D eigenvalue weighted by Gasteiger charge is -2.47. The van der Waals surface area contributed by atoms with Crippen LogP contribution in [-0.4, -0.2) is 37.7 Å². The van der Waals surface area contributed by atoms with E-state index in [0.717, 1.165) is 31.9 Å². The molecule has 1 fully saturated rings. The van der Waals surface area contributed by atoms with Crippen molar-refractivity contribution in [2.24, 2.45) is 0 Å². The Morgan fingerprint density at radius 3 is 2.43 bits per heavy atom. The SMILES string of the molecule is CCCCOc1ccc(CNCC2(N(C)C)CCC2)cc1. The van der Waals surface area contributed by atoms with E-state index < -0.39 is 0 Å². The first kappa shape index (κ1) is 16.3. The fourth-order valence-corrected chi connectivity index (χ4v) is 2.84. The van der Waals surface area contributed by atoms with E-state index in [0.29, 0.717) is 5.54 Å². The molecule has 21 heavy (non-hydrogen) atoms. The summed E-state index contributed by atoms with van der Waals surface area (Å²) in [7, 11) is 4.40. The van der Waals surface area contributed by atoms with Gasteiger partial charge in [-0.2, -0.15) is 0 Å². The van der Waals surface area contributed by atoms with Crippen molar-refractivity contribution in [1.29, 1.82) is 0 Å². The van der Waals surface area contributed by atoms with Crippen LogP contribution in [0.5, 0.6) is 5.75 Å². The van der Waals surface area contributed by atoms with Crippen LogP contribution in [0.15, 0.2) is 24.3 Å². The Labute approximate surface area is 129 Å². The van der Waals surface area contributed by atoms with Crippen molar-refractivity contribution in [1.82, 2.24) is 10.2 Å². The van der Waals surface area contributed by atoms with Crippen LogP contribution in [0.25, 0.3) is 0 Å². The van der Waals surface area contributed by atoms with Crippen LogP contribution in [-0.2, 0) is 6.54 Å². The first-order chi connectivity index (χ1) is 10.2. The predicted molar refractivity (Wildman–Crippen MR) is 88.8 cm³/mol. The van der Waals surface area contributed by atoms with Gasteiger partial charge < -0.3 is 15.0 Å². The van der Waals surface area contributed by atoms with E-state index in [2.05, 4.69) is 55.5 Å². The van der Waals surface area contributed by atoms with Gasteiger partial charge in [-0.25, -0.2) is 0 Å². The zero-order chi connectivity index (χ0) is 15.1. The highest BCUT2D eigenvalue weighted by molar-refractivity contribution is 5.27. The Bertz CT molecular complexity index is 410. The van der Waals surface area contributed by atoms with E-state index >= 15 is 0 Å². The highest BCUT2D eigenvalue weighted by Crippen LogP contribution is 2.35. The Hall–Kier alpha value is -1.06. The van der Waals surface area contributed by atoms with Crippen LogP contribution < -0.4 is 10.1 Å². The second-order valence-corrected chi connectivity index (χ2v) is 6.42. The molecule has 1 N–H and O–H groups in total. The van der Waals surface area contributed by atoms with Crippen molar-refractivity contribution in [2.45, 2.75) is 51.1 Å². The molecule has 1 aromatic rings. The maximum absolute atomic E-state index is 5.69. The topological polar surface area (TPSA) is 24.5 Å². The lowest BCUT2D eigenvalue weighted by atomic mass is 9.75. The second-order valence-electron chi connectivity index (χ2n) is 6.42. The van der Waals surface area contributed by atoms with Crippen LogP contribution in [0.4, 0.5) is 0 Å². The summed E-state index contributed by atoms with van der Waals surface area (Å²) in [5.74, 6) is 0.982. The molecule has 1 aliphatic carbocycles. The van der Waals surface area contributed by atoms with Gasteiger partial charge in [0.25, 0.3) is 0 Å². The third-order valence-electron chi connectivity index (χ3n) is 4.71. The van der Waals surface area contributed by atoms with Gasteiger partial charge in [-0.05, 0) is 57.5 Å². The molecule has 0 amide bonds. The number of hydrogen-bond donors (Lipinski definition) is 1. The third kappa shape index (κ3) is 4.45. The van der Waals surface area contributed by atoms with Crippen molar-refractivity contribution in [2.75, 3.05) is 27.2 Å². The lowest BCUT2D eigenvalue weighted by Crippen LogP contribution is -2.56. The van der Waals surface area contributed by atoms with E-state index in [1.807, 2.05) is 0 Å². The number of benzene rings is 1. The first-order valence-electron chi connectivity index (χ1n) is 8.26. The maximum Gasteiger partial charge on any atom is 0.119 e. The lowest BCUT2D eigenvalue weighted by molar-refractivity contribution is 0.0598. The van der Waals surface area contributed by atoms with Gasteiger partial charge in [-0.15, -0.1) is 0 Å². The van der Waals surface area contributed by atoms with Crippen molar-refractivity contribution in [3.63, 3.8) is 0 Å². The molecule has 0 radical (unpaired) electrons. The van der Waals surface area contributed by atoms with Crippen molar-refractivity contribution in [3.05, 3.63) is 29.8 Å². The molecule has 1 aromatic carbocycles. The first-order valence-corrected chi connectivity index (χ1v) is 8.26. The molecule has 1 aliphatic rings. The molecule has 1 saturated carbocycles. The number of likely N-dealkylation sites (N-methyl/N-ethyl adjacent to an activating group) is 1. The minimum atomic E-state index is 0.392. The number of nitrogens with zero attached hydrogens (tertiary/aromatic N) is 1. The zero-order valence-corrected chi connectivity index (χ0v) is 13.8. The quantitative estimate of drug-likeness (QED) is 0.705. The molecule has 3 heteroatoms. The van der Waals surface area contributed by atoms with E-state index in [1.165, 1.54) is 31.2 Å². The van der Waals surface area contributed by atoms with E-state index in [1.54, 1.807) is 0 Å². The summed E-state index contributed by atoms with van der Waals surface area (Å²) >= 11 is 0. The smallest absolute Gasteiger partial charge is 0.119 e. The molecule has 0 bridgehead atoms. The Morgan fingerprint density at radius 1 is 1.19 bits per heavy atom. The van der Waals surface area contributed by atoms with Crippen LogP contribution >= 0.6 is 0 Å². The van der Waals surface area contributed by atoms with Crippen molar-refractivity contribution >= 4 is 0 Å². The average molecular weight is 290 g/mol. The third-order valence-corrected chi connectivity index (χ3v) is 4.71. The van der Waals surface area contributed by atoms with Gasteiger partial charge in [0.1, 0.15) is 5.75 Å². The zero-order valence-electron chi connectivity index (χ0n) is 13.8. The van der Waals surface area contributed by atoms with Gasteiger partial charge in [-0.1, -0.05) is 25.5 Å². The molecule has 0 heterocycles. The molecule has 0 unspecified atom stereocenters. The molecule has 0 aromatic heterocycles. The summed E-state index contributed by atoms with van der Waals surface area (Å²) in [6.45, 7) is 5.01. The highest BCUT2D eigenvalue weighted by Gasteiger charge is 2.38. The van der Waals surface area contributed by atoms with Crippen molar-refractivity contribution in [3.8, 4) is 5.75 Å². The molecular formula is C18H30N2O. The predicted octanol–water partition coefficient (Wildman–Crippen LogP) is 3.44. The Morgan fingerprint density at radius 2 is 1.90 bits per heavy atom. The Kier molecular flexibility index (Phi) is 6.07. The number of hydrogen-bond acceptors (Lipinski definition) is 3. The molecule has 3 nitrogen and oxygen atoms in total. The molecule has 0 saturated heterocycles. The average Bonchev–Trinajstić information content (AvgIpc) is 2.43. The molecule has 0 atom stereocenters. The largest absolute Gasteiger partial charge is 0.494 e. The fraction of sp³-hybridized carbons (Fsp3) is 0.667. The van der Waals surface area contributed by atoms with Gasteiger partial charge in [0.2, 0.25) is 0 Å². The summed E-state index contributed by atoms with van der Waals surface area (Å²) in [4.78, 5) is 2.38. The van der Waals surface area contributed by atoms with Crippen LogP contribution in [0.1, 0.15) is 44.6 Å². The highest BCUT2D eigenvalue weighted by atomic mass is 16.5. The molecule has 2 rings (SSSR count). The monoisotopic (exact) mass is 290 g/mol. The molecule has 0 spiro atoms. The second kappa shape index (κ2) is 7.81. The van der Waals surface area contributed by atoms with Gasteiger partial charge >= 0.3 is 0 Å². The standard InChI is InChI=1S/C18H30N2O/c1-4-5-13-21-17-9-7-16(8-10-17)14-19-15-18(20(2)3)11-6-12-18/h7-10,19H,4-6,11-15H2,1-3H3. The number of unbranched alkanes of at least 4 members (excludes halogenated alkanes) is 1. The number of rotatable bonds is 9. The Balaban J connectivity index is 1.73. The summed E-state index contributed by atoms with van der Waals surface area (Å²) in [5.41, 5.74) is 1.72.